The molecule has 148 valence electrons. The maximum absolute atomic E-state index is 12.7. The van der Waals surface area contributed by atoms with Gasteiger partial charge >= 0.3 is 11.4 Å². The van der Waals surface area contributed by atoms with Crippen molar-refractivity contribution in [3.63, 3.8) is 0 Å². The van der Waals surface area contributed by atoms with Crippen LogP contribution in [-0.4, -0.2) is 40.2 Å². The largest absolute Gasteiger partial charge is 0.409 e. The third-order valence-corrected chi connectivity index (χ3v) is 10.4. The summed E-state index contributed by atoms with van der Waals surface area (Å²) in [6, 6.07) is -0.343. The van der Waals surface area contributed by atoms with Crippen LogP contribution in [0.2, 0.25) is 18.1 Å². The van der Waals surface area contributed by atoms with E-state index in [0.29, 0.717) is 0 Å². The number of fused-ring (bicyclic) bond motifs is 3. The van der Waals surface area contributed by atoms with Gasteiger partial charge in [0.25, 0.3) is 0 Å². The molecule has 9 heteroatoms. The third kappa shape index (κ3) is 2.76. The van der Waals surface area contributed by atoms with Crippen LogP contribution in [0.3, 0.4) is 0 Å². The second kappa shape index (κ2) is 5.67. The highest BCUT2D eigenvalue weighted by atomic mass is 28.4. The normalized spacial score (nSPS) is 31.0. The Morgan fingerprint density at radius 3 is 2.15 bits per heavy atom. The van der Waals surface area contributed by atoms with Gasteiger partial charge in [0.05, 0.1) is 12.1 Å². The Kier molecular flexibility index (Phi) is 4.27. The fourth-order valence-corrected chi connectivity index (χ4v) is 4.83. The molecular formula is C17H31N3O5Si. The molecule has 1 saturated heterocycles. The molecular weight excluding hydrogens is 354 g/mol. The van der Waals surface area contributed by atoms with Gasteiger partial charge in [-0.25, -0.2) is 18.8 Å². The smallest absolute Gasteiger partial charge is 0.349 e. The first kappa shape index (κ1) is 19.6. The number of aromatic nitrogens is 3. The van der Waals surface area contributed by atoms with E-state index in [1.807, 2.05) is 20.8 Å². The molecule has 0 saturated carbocycles. The van der Waals surface area contributed by atoms with Crippen LogP contribution in [0.25, 0.3) is 0 Å². The van der Waals surface area contributed by atoms with E-state index in [0.717, 1.165) is 4.57 Å². The zero-order valence-electron chi connectivity index (χ0n) is 17.2. The van der Waals surface area contributed by atoms with E-state index in [9.17, 15) is 9.59 Å². The predicted octanol–water partition coefficient (Wildman–Crippen LogP) is 1.96. The summed E-state index contributed by atoms with van der Waals surface area (Å²) in [5.41, 5.74) is -0.762. The average molecular weight is 386 g/mol. The molecule has 0 radical (unpaired) electrons. The Balaban J connectivity index is 2.14. The molecule has 0 bridgehead atoms. The average Bonchev–Trinajstić information content (AvgIpc) is 2.91. The second-order valence-corrected chi connectivity index (χ2v) is 14.1. The SMILES string of the molecule is C[C@H]1[C@@H](O[Si](C)(C)C(C)(C)C)[C@@H]2OC(C)(C)O[C@@H]2n2c(=O)n(C)c(=O)n21. The van der Waals surface area contributed by atoms with E-state index < -0.39 is 32.1 Å². The maximum Gasteiger partial charge on any atom is 0.349 e. The zero-order chi connectivity index (χ0) is 19.8. The maximum atomic E-state index is 12.7. The lowest BCUT2D eigenvalue weighted by atomic mass is 10.0. The Labute approximate surface area is 154 Å². The van der Waals surface area contributed by atoms with Crippen molar-refractivity contribution in [3.05, 3.63) is 21.0 Å². The Morgan fingerprint density at radius 1 is 1.08 bits per heavy atom. The molecule has 3 heterocycles. The first-order chi connectivity index (χ1) is 11.7. The minimum atomic E-state index is -2.13. The van der Waals surface area contributed by atoms with Gasteiger partial charge in [-0.2, -0.15) is 4.68 Å². The van der Waals surface area contributed by atoms with Crippen molar-refractivity contribution in [1.82, 2.24) is 13.9 Å². The van der Waals surface area contributed by atoms with Gasteiger partial charge in [-0.3, -0.25) is 0 Å². The first-order valence-corrected chi connectivity index (χ1v) is 12.0. The monoisotopic (exact) mass is 385 g/mol. The predicted molar refractivity (Wildman–Crippen MR) is 99.8 cm³/mol. The van der Waals surface area contributed by atoms with E-state index in [1.54, 1.807) is 0 Å². The van der Waals surface area contributed by atoms with Crippen LogP contribution >= 0.6 is 0 Å². The standard InChI is InChI=1S/C17H31N3O5Si/c1-10-11(25-26(8,9)16(2,3)4)12-13(24-17(5,6)23-12)20-15(22)18(7)14(21)19(10)20/h10-13H,1-9H3/t10-,11+,12-,13-/m0/s1. The minimum Gasteiger partial charge on any atom is -0.409 e. The fourth-order valence-electron chi connectivity index (χ4n) is 3.46. The highest BCUT2D eigenvalue weighted by molar-refractivity contribution is 6.74. The summed E-state index contributed by atoms with van der Waals surface area (Å²) in [6.07, 6.45) is -1.51. The number of rotatable bonds is 2. The lowest BCUT2D eigenvalue weighted by Crippen LogP contribution is -2.56. The molecule has 4 atom stereocenters. The second-order valence-electron chi connectivity index (χ2n) is 9.39. The van der Waals surface area contributed by atoms with E-state index in [4.69, 9.17) is 13.9 Å². The molecule has 0 aliphatic carbocycles. The summed E-state index contributed by atoms with van der Waals surface area (Å²) in [5, 5.41) is 0.00988. The van der Waals surface area contributed by atoms with Crippen molar-refractivity contribution in [2.45, 2.75) is 89.9 Å². The molecule has 0 spiro atoms. The molecule has 3 rings (SSSR count). The van der Waals surface area contributed by atoms with Gasteiger partial charge in [0.15, 0.2) is 20.3 Å². The fraction of sp³-hybridized carbons (Fsp3) is 0.882. The summed E-state index contributed by atoms with van der Waals surface area (Å²) in [6.45, 7) is 16.4. The van der Waals surface area contributed by atoms with E-state index in [1.165, 1.54) is 16.4 Å². The van der Waals surface area contributed by atoms with Gasteiger partial charge in [0.2, 0.25) is 0 Å². The van der Waals surface area contributed by atoms with E-state index in [2.05, 4.69) is 33.9 Å². The molecule has 26 heavy (non-hydrogen) atoms. The molecule has 0 N–H and O–H groups in total. The summed E-state index contributed by atoms with van der Waals surface area (Å²) in [7, 11) is -0.649. The van der Waals surface area contributed by atoms with Crippen LogP contribution in [0.1, 0.15) is 53.8 Å². The van der Waals surface area contributed by atoms with Crippen molar-refractivity contribution in [2.75, 3.05) is 0 Å². The summed E-state index contributed by atoms with van der Waals surface area (Å²) in [5.74, 6) is -0.857. The molecule has 1 aromatic rings. The van der Waals surface area contributed by atoms with Gasteiger partial charge in [-0.1, -0.05) is 20.8 Å². The molecule has 1 fully saturated rings. The lowest BCUT2D eigenvalue weighted by molar-refractivity contribution is -0.157. The number of hydrogen-bond acceptors (Lipinski definition) is 5. The van der Waals surface area contributed by atoms with Gasteiger partial charge in [0.1, 0.15) is 6.10 Å². The number of hydrogen-bond donors (Lipinski definition) is 0. The third-order valence-electron chi connectivity index (χ3n) is 5.97. The molecule has 1 aromatic heterocycles. The van der Waals surface area contributed by atoms with Crippen molar-refractivity contribution in [2.24, 2.45) is 7.05 Å². The van der Waals surface area contributed by atoms with Crippen molar-refractivity contribution >= 4 is 8.32 Å². The Hall–Kier alpha value is -1.16. The first-order valence-electron chi connectivity index (χ1n) is 9.11. The van der Waals surface area contributed by atoms with Crippen molar-refractivity contribution in [1.29, 1.82) is 0 Å². The zero-order valence-corrected chi connectivity index (χ0v) is 18.2. The summed E-state index contributed by atoms with van der Waals surface area (Å²) in [4.78, 5) is 25.3. The summed E-state index contributed by atoms with van der Waals surface area (Å²) < 4.78 is 22.8. The highest BCUT2D eigenvalue weighted by Crippen LogP contribution is 2.45. The van der Waals surface area contributed by atoms with Crippen molar-refractivity contribution < 1.29 is 13.9 Å². The van der Waals surface area contributed by atoms with Crippen LogP contribution < -0.4 is 11.4 Å². The van der Waals surface area contributed by atoms with Gasteiger partial charge < -0.3 is 13.9 Å². The van der Waals surface area contributed by atoms with Crippen molar-refractivity contribution in [3.8, 4) is 0 Å². The highest BCUT2D eigenvalue weighted by Gasteiger charge is 2.56. The van der Waals surface area contributed by atoms with E-state index >= 15 is 0 Å². The molecule has 0 amide bonds. The van der Waals surface area contributed by atoms with E-state index in [-0.39, 0.29) is 22.9 Å². The van der Waals surface area contributed by atoms with Crippen LogP contribution in [0.4, 0.5) is 0 Å². The molecule has 0 aromatic carbocycles. The molecule has 2 aliphatic rings. The van der Waals surface area contributed by atoms with Gasteiger partial charge in [0, 0.05) is 7.05 Å². The van der Waals surface area contributed by atoms with Crippen LogP contribution in [0, 0.1) is 0 Å². The van der Waals surface area contributed by atoms with Crippen LogP contribution in [-0.2, 0) is 20.9 Å². The summed E-state index contributed by atoms with van der Waals surface area (Å²) >= 11 is 0. The number of nitrogens with zero attached hydrogens (tertiary/aromatic N) is 3. The Bertz CT molecular complexity index is 829. The Morgan fingerprint density at radius 2 is 1.62 bits per heavy atom. The lowest BCUT2D eigenvalue weighted by Gasteiger charge is -2.45. The quantitative estimate of drug-likeness (QED) is 0.728. The molecule has 8 nitrogen and oxygen atoms in total. The number of ether oxygens (including phenoxy) is 2. The van der Waals surface area contributed by atoms with Gasteiger partial charge in [-0.05, 0) is 38.9 Å². The minimum absolute atomic E-state index is 0.00988. The molecule has 0 unspecified atom stereocenters. The van der Waals surface area contributed by atoms with Crippen LogP contribution in [0.15, 0.2) is 9.59 Å². The van der Waals surface area contributed by atoms with Crippen LogP contribution in [0.5, 0.6) is 0 Å². The van der Waals surface area contributed by atoms with Gasteiger partial charge in [-0.15, -0.1) is 0 Å². The molecule has 2 aliphatic heterocycles. The topological polar surface area (TPSA) is 76.6 Å².